The van der Waals surface area contributed by atoms with E-state index in [9.17, 15) is 26.4 Å². The monoisotopic (exact) mass is 385 g/mol. The highest BCUT2D eigenvalue weighted by molar-refractivity contribution is 7.88. The van der Waals surface area contributed by atoms with Gasteiger partial charge in [0.15, 0.2) is 12.0 Å². The van der Waals surface area contributed by atoms with Crippen molar-refractivity contribution in [3.05, 3.63) is 23.5 Å². The van der Waals surface area contributed by atoms with E-state index in [0.29, 0.717) is 19.1 Å². The molecule has 0 saturated carbocycles. The van der Waals surface area contributed by atoms with Crippen molar-refractivity contribution >= 4 is 16.1 Å². The number of halogens is 3. The van der Waals surface area contributed by atoms with E-state index in [0.717, 1.165) is 18.9 Å². The number of aromatic nitrogens is 1. The highest BCUT2D eigenvalue weighted by atomic mass is 32.2. The van der Waals surface area contributed by atoms with Gasteiger partial charge in [0.2, 0.25) is 0 Å². The van der Waals surface area contributed by atoms with E-state index < -0.39 is 39.3 Å². The maximum atomic E-state index is 12.4. The number of aromatic carboxylic acids is 1. The Morgan fingerprint density at radius 3 is 2.64 bits per heavy atom. The van der Waals surface area contributed by atoms with Crippen molar-refractivity contribution in [1.29, 1.82) is 0 Å². The second-order valence-electron chi connectivity index (χ2n) is 5.07. The number of carboxylic acid groups (broad SMARTS) is 1. The van der Waals surface area contributed by atoms with Gasteiger partial charge in [-0.1, -0.05) is 0 Å². The van der Waals surface area contributed by atoms with Gasteiger partial charge < -0.3 is 18.8 Å². The molecule has 12 heteroatoms. The van der Waals surface area contributed by atoms with Crippen LogP contribution in [0.4, 0.5) is 13.2 Å². The van der Waals surface area contributed by atoms with E-state index >= 15 is 0 Å². The third kappa shape index (κ3) is 5.28. The van der Waals surface area contributed by atoms with Gasteiger partial charge in [-0.05, 0) is 19.3 Å². The smallest absolute Gasteiger partial charge is 0.477 e. The van der Waals surface area contributed by atoms with Crippen molar-refractivity contribution in [1.82, 2.24) is 4.98 Å². The summed E-state index contributed by atoms with van der Waals surface area (Å²) in [5.41, 5.74) is -6.44. The molecule has 2 rings (SSSR count). The van der Waals surface area contributed by atoms with Crippen molar-refractivity contribution in [3.8, 4) is 5.75 Å². The molecule has 1 aromatic heterocycles. The lowest BCUT2D eigenvalue weighted by molar-refractivity contribution is -0.169. The first-order valence-corrected chi connectivity index (χ1v) is 8.47. The topological polar surface area (TPSA) is 112 Å². The Hall–Kier alpha value is -1.92. The van der Waals surface area contributed by atoms with Gasteiger partial charge in [0.25, 0.3) is 0 Å². The minimum atomic E-state index is -5.93. The zero-order valence-corrected chi connectivity index (χ0v) is 13.5. The van der Waals surface area contributed by atoms with Crippen LogP contribution in [0.2, 0.25) is 0 Å². The molecule has 1 aromatic rings. The molecule has 1 saturated heterocycles. The predicted molar refractivity (Wildman–Crippen MR) is 75.2 cm³/mol. The highest BCUT2D eigenvalue weighted by Gasteiger charge is 2.48. The zero-order chi connectivity index (χ0) is 18.7. The summed E-state index contributed by atoms with van der Waals surface area (Å²) in [6, 6.07) is 1.44. The van der Waals surface area contributed by atoms with E-state index in [2.05, 4.69) is 9.17 Å². The third-order valence-electron chi connectivity index (χ3n) is 3.12. The van der Waals surface area contributed by atoms with Crippen LogP contribution >= 0.6 is 0 Å². The molecule has 0 bridgehead atoms. The summed E-state index contributed by atoms with van der Waals surface area (Å²) in [6.07, 6.45) is 1.79. The lowest BCUT2D eigenvalue weighted by Crippen LogP contribution is -2.28. The van der Waals surface area contributed by atoms with Gasteiger partial charge in [0.1, 0.15) is 5.75 Å². The van der Waals surface area contributed by atoms with Crippen LogP contribution in [0.3, 0.4) is 0 Å². The number of nitrogens with zero attached hydrogens (tertiary/aromatic N) is 1. The predicted octanol–water partition coefficient (Wildman–Crippen LogP) is 2.05. The molecular formula is C13H14F3NO7S. The molecule has 140 valence electrons. The maximum absolute atomic E-state index is 12.4. The van der Waals surface area contributed by atoms with Crippen molar-refractivity contribution in [2.24, 2.45) is 0 Å². The van der Waals surface area contributed by atoms with Crippen molar-refractivity contribution in [3.63, 3.8) is 0 Å². The second-order valence-corrected chi connectivity index (χ2v) is 6.61. The van der Waals surface area contributed by atoms with E-state index in [1.165, 1.54) is 0 Å². The number of rotatable bonds is 6. The molecule has 0 radical (unpaired) electrons. The van der Waals surface area contributed by atoms with Crippen LogP contribution in [-0.2, 0) is 26.2 Å². The summed E-state index contributed by atoms with van der Waals surface area (Å²) in [5.74, 6) is -2.39. The van der Waals surface area contributed by atoms with E-state index in [4.69, 9.17) is 14.6 Å². The minimum Gasteiger partial charge on any atom is -0.477 e. The number of pyridine rings is 1. The van der Waals surface area contributed by atoms with Gasteiger partial charge in [0.05, 0.1) is 12.3 Å². The standard InChI is InChI=1S/C13H14F3NO7S/c14-13(15,16)25(20,21)24-9-5-8(17-10(6-9)12(18)19)7-23-11-3-1-2-4-22-11/h5-6,11H,1-4,7H2,(H,18,19). The lowest BCUT2D eigenvalue weighted by atomic mass is 10.2. The summed E-state index contributed by atoms with van der Waals surface area (Å²) in [7, 11) is -5.93. The Kier molecular flexibility index (Phi) is 5.85. The van der Waals surface area contributed by atoms with Gasteiger partial charge in [-0.2, -0.15) is 21.6 Å². The Morgan fingerprint density at radius 2 is 2.08 bits per heavy atom. The molecule has 0 aliphatic carbocycles. The maximum Gasteiger partial charge on any atom is 0.534 e. The summed E-state index contributed by atoms with van der Waals surface area (Å²) in [5, 5.41) is 8.95. The largest absolute Gasteiger partial charge is 0.534 e. The normalized spacial score (nSPS) is 18.8. The summed E-state index contributed by atoms with van der Waals surface area (Å²) in [6.45, 7) is 0.208. The fourth-order valence-corrected chi connectivity index (χ4v) is 2.43. The van der Waals surface area contributed by atoms with Gasteiger partial charge in [0, 0.05) is 18.7 Å². The number of hydrogen-bond acceptors (Lipinski definition) is 7. The number of alkyl halides is 3. The highest BCUT2D eigenvalue weighted by Crippen LogP contribution is 2.28. The van der Waals surface area contributed by atoms with Crippen LogP contribution in [0.15, 0.2) is 12.1 Å². The second kappa shape index (κ2) is 7.54. The molecule has 8 nitrogen and oxygen atoms in total. The van der Waals surface area contributed by atoms with Crippen LogP contribution in [0, 0.1) is 0 Å². The minimum absolute atomic E-state index is 0.110. The van der Waals surface area contributed by atoms with E-state index in [-0.39, 0.29) is 12.3 Å². The van der Waals surface area contributed by atoms with Crippen LogP contribution < -0.4 is 4.18 Å². The molecule has 25 heavy (non-hydrogen) atoms. The molecule has 0 spiro atoms. The molecule has 1 unspecified atom stereocenters. The molecule has 1 atom stereocenters. The van der Waals surface area contributed by atoms with E-state index in [1.54, 1.807) is 0 Å². The lowest BCUT2D eigenvalue weighted by Gasteiger charge is -2.22. The van der Waals surface area contributed by atoms with Gasteiger partial charge >= 0.3 is 21.6 Å². The SMILES string of the molecule is O=C(O)c1cc(OS(=O)(=O)C(F)(F)F)cc(COC2CCCCO2)n1. The molecular weight excluding hydrogens is 371 g/mol. The van der Waals surface area contributed by atoms with Crippen molar-refractivity contribution < 1.29 is 45.1 Å². The third-order valence-corrected chi connectivity index (χ3v) is 4.09. The van der Waals surface area contributed by atoms with Crippen LogP contribution in [0.25, 0.3) is 0 Å². The summed E-state index contributed by atoms with van der Waals surface area (Å²) < 4.78 is 73.8. The average Bonchev–Trinajstić information content (AvgIpc) is 2.52. The van der Waals surface area contributed by atoms with Gasteiger partial charge in [-0.15, -0.1) is 0 Å². The molecule has 1 aliphatic heterocycles. The fourth-order valence-electron chi connectivity index (χ4n) is 1.99. The Morgan fingerprint density at radius 1 is 1.36 bits per heavy atom. The van der Waals surface area contributed by atoms with Crippen LogP contribution in [0.1, 0.15) is 35.4 Å². The molecule has 1 N–H and O–H groups in total. The number of ether oxygens (including phenoxy) is 2. The Labute approximate surface area is 140 Å². The first-order chi connectivity index (χ1) is 11.6. The van der Waals surface area contributed by atoms with Crippen molar-refractivity contribution in [2.45, 2.75) is 37.7 Å². The molecule has 2 heterocycles. The summed E-state index contributed by atoms with van der Waals surface area (Å²) in [4.78, 5) is 14.7. The molecule has 0 amide bonds. The number of carbonyl (C=O) groups is 1. The molecule has 0 aromatic carbocycles. The quantitative estimate of drug-likeness (QED) is 0.585. The van der Waals surface area contributed by atoms with Crippen molar-refractivity contribution in [2.75, 3.05) is 6.61 Å². The van der Waals surface area contributed by atoms with Crippen LogP contribution in [-0.4, -0.2) is 42.9 Å². The first-order valence-electron chi connectivity index (χ1n) is 7.07. The Bertz CT molecular complexity index is 730. The Balaban J connectivity index is 2.19. The fraction of sp³-hybridized carbons (Fsp3) is 0.538. The van der Waals surface area contributed by atoms with Crippen LogP contribution in [0.5, 0.6) is 5.75 Å². The summed E-state index contributed by atoms with van der Waals surface area (Å²) >= 11 is 0. The average molecular weight is 385 g/mol. The number of carboxylic acids is 1. The van der Waals surface area contributed by atoms with Gasteiger partial charge in [-0.3, -0.25) is 0 Å². The zero-order valence-electron chi connectivity index (χ0n) is 12.7. The molecule has 1 fully saturated rings. The van der Waals surface area contributed by atoms with E-state index in [1.807, 2.05) is 0 Å². The first kappa shape index (κ1) is 19.4. The number of hydrogen-bond donors (Lipinski definition) is 1. The molecule has 1 aliphatic rings. The van der Waals surface area contributed by atoms with Gasteiger partial charge in [-0.25, -0.2) is 9.78 Å².